The highest BCUT2D eigenvalue weighted by molar-refractivity contribution is 6.30. The largest absolute Gasteiger partial charge is 0.497 e. The van der Waals surface area contributed by atoms with Crippen molar-refractivity contribution in [3.8, 4) is 16.9 Å². The molecule has 1 aromatic heterocycles. The molecule has 1 aliphatic heterocycles. The van der Waals surface area contributed by atoms with Crippen molar-refractivity contribution >= 4 is 34.9 Å². The molecule has 0 spiro atoms. The van der Waals surface area contributed by atoms with Crippen LogP contribution in [0.25, 0.3) is 11.1 Å². The van der Waals surface area contributed by atoms with Gasteiger partial charge in [-0.2, -0.15) is 5.10 Å². The molecule has 0 fully saturated rings. The molecule has 1 atom stereocenters. The van der Waals surface area contributed by atoms with Crippen molar-refractivity contribution in [3.05, 3.63) is 59.8 Å². The summed E-state index contributed by atoms with van der Waals surface area (Å²) in [6, 6.07) is 13.6. The highest BCUT2D eigenvalue weighted by Crippen LogP contribution is 2.36. The van der Waals surface area contributed by atoms with Crippen molar-refractivity contribution < 1.29 is 14.3 Å². The number of amides is 2. The number of hydrogen-bond donors (Lipinski definition) is 2. The highest BCUT2D eigenvalue weighted by atomic mass is 35.5. The second-order valence-corrected chi connectivity index (χ2v) is 6.78. The van der Waals surface area contributed by atoms with Crippen LogP contribution in [0.1, 0.15) is 12.5 Å². The fourth-order valence-electron chi connectivity index (χ4n) is 3.14. The van der Waals surface area contributed by atoms with Crippen LogP contribution in [0.15, 0.2) is 54.7 Å². The fraction of sp³-hybridized carbons (Fsp3) is 0.150. The van der Waals surface area contributed by atoms with E-state index in [4.69, 9.17) is 16.3 Å². The Labute approximate surface area is 166 Å². The normalized spacial score (nSPS) is 15.1. The van der Waals surface area contributed by atoms with Gasteiger partial charge in [-0.25, -0.2) is 4.68 Å². The van der Waals surface area contributed by atoms with Crippen LogP contribution >= 0.6 is 11.6 Å². The number of ether oxygens (including phenoxy) is 1. The van der Waals surface area contributed by atoms with E-state index in [1.807, 2.05) is 12.1 Å². The van der Waals surface area contributed by atoms with Gasteiger partial charge < -0.3 is 15.4 Å². The Morgan fingerprint density at radius 1 is 1.29 bits per heavy atom. The minimum Gasteiger partial charge on any atom is -0.497 e. The van der Waals surface area contributed by atoms with Crippen LogP contribution < -0.4 is 15.4 Å². The Morgan fingerprint density at radius 3 is 2.82 bits per heavy atom. The summed E-state index contributed by atoms with van der Waals surface area (Å²) < 4.78 is 6.70. The van der Waals surface area contributed by atoms with Crippen molar-refractivity contribution in [1.82, 2.24) is 9.78 Å². The van der Waals surface area contributed by atoms with Crippen LogP contribution in [0.3, 0.4) is 0 Å². The molecular formula is C20H17ClN4O3. The summed E-state index contributed by atoms with van der Waals surface area (Å²) >= 11 is 5.94. The van der Waals surface area contributed by atoms with E-state index in [9.17, 15) is 9.59 Å². The number of carbonyl (C=O) groups excluding carboxylic acids is 2. The molecule has 2 aromatic carbocycles. The summed E-state index contributed by atoms with van der Waals surface area (Å²) in [6.45, 7) is 0. The van der Waals surface area contributed by atoms with Gasteiger partial charge in [-0.3, -0.25) is 9.59 Å². The average molecular weight is 397 g/mol. The first kappa shape index (κ1) is 18.1. The van der Waals surface area contributed by atoms with Crippen LogP contribution in [0.5, 0.6) is 5.75 Å². The van der Waals surface area contributed by atoms with Gasteiger partial charge in [0.25, 0.3) is 5.91 Å². The predicted octanol–water partition coefficient (Wildman–Crippen LogP) is 3.73. The molecule has 8 heteroatoms. The van der Waals surface area contributed by atoms with Gasteiger partial charge in [0.1, 0.15) is 17.6 Å². The van der Waals surface area contributed by atoms with E-state index in [1.54, 1.807) is 54.4 Å². The minimum atomic E-state index is -0.707. The van der Waals surface area contributed by atoms with Crippen LogP contribution in [0.2, 0.25) is 5.02 Å². The Bertz CT molecular complexity index is 1050. The van der Waals surface area contributed by atoms with Crippen molar-refractivity contribution in [2.45, 2.75) is 12.5 Å². The molecule has 28 heavy (non-hydrogen) atoms. The Morgan fingerprint density at radius 2 is 2.07 bits per heavy atom. The van der Waals surface area contributed by atoms with Gasteiger partial charge in [0.15, 0.2) is 0 Å². The molecule has 2 heterocycles. The summed E-state index contributed by atoms with van der Waals surface area (Å²) in [5.74, 6) is 0.661. The summed E-state index contributed by atoms with van der Waals surface area (Å²) in [7, 11) is 1.56. The molecule has 7 nitrogen and oxygen atoms in total. The molecule has 0 bridgehead atoms. The van der Waals surface area contributed by atoms with Gasteiger partial charge in [0.05, 0.1) is 19.7 Å². The third-order valence-electron chi connectivity index (χ3n) is 4.52. The van der Waals surface area contributed by atoms with Gasteiger partial charge >= 0.3 is 0 Å². The zero-order valence-corrected chi connectivity index (χ0v) is 15.7. The average Bonchev–Trinajstić information content (AvgIpc) is 3.22. The van der Waals surface area contributed by atoms with Gasteiger partial charge in [-0.1, -0.05) is 29.8 Å². The smallest absolute Gasteiger partial charge is 0.251 e. The molecule has 1 aliphatic rings. The standard InChI is InChI=1S/C20H17ClN4O3/c1-28-15-4-2-3-14(9-15)23-18(26)10-17-20(27)24-19-16(11-22-25(17)19)12-5-7-13(21)8-6-12/h2-9,11,17H,10H2,1H3,(H,23,26)(H,24,27). The maximum atomic E-state index is 12.4. The summed E-state index contributed by atoms with van der Waals surface area (Å²) in [5.41, 5.74) is 2.26. The van der Waals surface area contributed by atoms with Crippen molar-refractivity contribution in [2.75, 3.05) is 17.7 Å². The Hall–Kier alpha value is -3.32. The van der Waals surface area contributed by atoms with E-state index in [0.717, 1.165) is 11.1 Å². The van der Waals surface area contributed by atoms with E-state index < -0.39 is 6.04 Å². The summed E-state index contributed by atoms with van der Waals surface area (Å²) in [4.78, 5) is 24.9. The van der Waals surface area contributed by atoms with Crippen molar-refractivity contribution in [1.29, 1.82) is 0 Å². The summed E-state index contributed by atoms with van der Waals surface area (Å²) in [5, 5.41) is 10.6. The number of benzene rings is 2. The Kier molecular flexibility index (Phi) is 4.75. The van der Waals surface area contributed by atoms with Crippen LogP contribution in [-0.2, 0) is 9.59 Å². The van der Waals surface area contributed by atoms with Gasteiger partial charge in [0, 0.05) is 22.3 Å². The summed E-state index contributed by atoms with van der Waals surface area (Å²) in [6.07, 6.45) is 1.64. The number of rotatable bonds is 5. The molecule has 142 valence electrons. The van der Waals surface area contributed by atoms with E-state index in [2.05, 4.69) is 15.7 Å². The first-order valence-electron chi connectivity index (χ1n) is 8.63. The molecule has 0 saturated carbocycles. The molecule has 0 saturated heterocycles. The fourth-order valence-corrected chi connectivity index (χ4v) is 3.27. The lowest BCUT2D eigenvalue weighted by Crippen LogP contribution is -2.23. The highest BCUT2D eigenvalue weighted by Gasteiger charge is 2.35. The Balaban J connectivity index is 1.52. The van der Waals surface area contributed by atoms with Gasteiger partial charge in [-0.15, -0.1) is 0 Å². The third-order valence-corrected chi connectivity index (χ3v) is 4.77. The molecule has 0 radical (unpaired) electrons. The number of carbonyl (C=O) groups is 2. The molecule has 4 rings (SSSR count). The maximum Gasteiger partial charge on any atom is 0.251 e. The van der Waals surface area contributed by atoms with E-state index in [1.165, 1.54) is 0 Å². The van der Waals surface area contributed by atoms with E-state index in [-0.39, 0.29) is 18.2 Å². The number of anilines is 2. The van der Waals surface area contributed by atoms with Crippen molar-refractivity contribution in [2.24, 2.45) is 0 Å². The second kappa shape index (κ2) is 7.36. The topological polar surface area (TPSA) is 85.2 Å². The molecular weight excluding hydrogens is 380 g/mol. The predicted molar refractivity (Wildman–Crippen MR) is 107 cm³/mol. The number of methoxy groups -OCH3 is 1. The number of hydrogen-bond acceptors (Lipinski definition) is 4. The lowest BCUT2D eigenvalue weighted by molar-refractivity contribution is -0.123. The SMILES string of the molecule is COc1cccc(NC(=O)CC2C(=O)Nc3c(-c4ccc(Cl)cc4)cnn32)c1. The number of nitrogens with one attached hydrogen (secondary N) is 2. The number of nitrogens with zero attached hydrogens (tertiary/aromatic N) is 2. The number of aromatic nitrogens is 2. The number of halogens is 1. The molecule has 2 N–H and O–H groups in total. The van der Waals surface area contributed by atoms with Crippen LogP contribution in [0.4, 0.5) is 11.5 Å². The first-order valence-corrected chi connectivity index (χ1v) is 9.01. The first-order chi connectivity index (χ1) is 13.5. The zero-order valence-electron chi connectivity index (χ0n) is 15.0. The van der Waals surface area contributed by atoms with Crippen LogP contribution in [-0.4, -0.2) is 28.7 Å². The maximum absolute atomic E-state index is 12.4. The van der Waals surface area contributed by atoms with Crippen LogP contribution in [0, 0.1) is 0 Å². The quantitative estimate of drug-likeness (QED) is 0.688. The van der Waals surface area contributed by atoms with Gasteiger partial charge in [0.2, 0.25) is 5.91 Å². The monoisotopic (exact) mass is 396 g/mol. The molecule has 2 amide bonds. The molecule has 3 aromatic rings. The minimum absolute atomic E-state index is 0.0300. The van der Waals surface area contributed by atoms with Crippen molar-refractivity contribution in [3.63, 3.8) is 0 Å². The zero-order chi connectivity index (χ0) is 19.7. The second-order valence-electron chi connectivity index (χ2n) is 6.35. The molecule has 0 aliphatic carbocycles. The van der Waals surface area contributed by atoms with E-state index in [0.29, 0.717) is 22.3 Å². The van der Waals surface area contributed by atoms with Gasteiger partial charge in [-0.05, 0) is 29.8 Å². The third kappa shape index (κ3) is 3.44. The lowest BCUT2D eigenvalue weighted by Gasteiger charge is -2.10. The number of fused-ring (bicyclic) bond motifs is 1. The lowest BCUT2D eigenvalue weighted by atomic mass is 10.1. The molecule has 1 unspecified atom stereocenters. The van der Waals surface area contributed by atoms with E-state index >= 15 is 0 Å².